The maximum Gasteiger partial charge on any atom is 0.428 e. The predicted octanol–water partition coefficient (Wildman–Crippen LogP) is 6.67. The molecule has 3 fully saturated rings. The van der Waals surface area contributed by atoms with Crippen LogP contribution in [0.5, 0.6) is 0 Å². The quantitative estimate of drug-likeness (QED) is 0.355. The summed E-state index contributed by atoms with van der Waals surface area (Å²) in [6.07, 6.45) is 1.64. The molecule has 45 heavy (non-hydrogen) atoms. The molecule has 2 aliphatic carbocycles. The van der Waals surface area contributed by atoms with Crippen molar-refractivity contribution in [1.29, 1.82) is 5.26 Å². The Kier molecular flexibility index (Phi) is 9.73. The van der Waals surface area contributed by atoms with Gasteiger partial charge in [-0.25, -0.2) is 9.78 Å². The van der Waals surface area contributed by atoms with Crippen molar-refractivity contribution in [3.8, 4) is 6.07 Å². The van der Waals surface area contributed by atoms with Gasteiger partial charge in [0.05, 0.1) is 11.6 Å². The molecule has 2 unspecified atom stereocenters. The fourth-order valence-corrected chi connectivity index (χ4v) is 7.60. The molecule has 244 valence electrons. The Morgan fingerprint density at radius 3 is 2.38 bits per heavy atom. The smallest absolute Gasteiger partial charge is 0.428 e. The number of nitrogens with zero attached hydrogens (tertiary/aromatic N) is 5. The molecule has 0 bridgehead atoms. The second-order valence-electron chi connectivity index (χ2n) is 13.2. The van der Waals surface area contributed by atoms with Crippen molar-refractivity contribution >= 4 is 29.4 Å². The first kappa shape index (κ1) is 33.1. The minimum Gasteiger partial charge on any atom is -0.433 e. The van der Waals surface area contributed by atoms with Crippen LogP contribution >= 0.6 is 11.6 Å². The number of allylic oxidation sites excluding steroid dienone is 3. The van der Waals surface area contributed by atoms with Crippen LogP contribution in [0.15, 0.2) is 41.1 Å². The van der Waals surface area contributed by atoms with Gasteiger partial charge >= 0.3 is 12.3 Å². The molecule has 2 saturated heterocycles. The first-order chi connectivity index (χ1) is 21.3. The molecule has 8 nitrogen and oxygen atoms in total. The van der Waals surface area contributed by atoms with E-state index < -0.39 is 23.9 Å². The van der Waals surface area contributed by atoms with Crippen LogP contribution in [-0.2, 0) is 9.53 Å². The molecular weight excluding hydrogens is 607 g/mol. The molecule has 0 N–H and O–H groups in total. The SMILES string of the molecule is CC1CCC(OC(=O)N(C)[C@@H]2CN(C(=O)C3CCN(c4ccc(C#N)cn4)CC3)CC2C2=CC=C(Cl)CC2C)(C(F)(F)F)CC1. The lowest BCUT2D eigenvalue weighted by molar-refractivity contribution is -0.272. The number of amides is 2. The normalized spacial score (nSPS) is 29.5. The molecule has 4 aliphatic rings. The van der Waals surface area contributed by atoms with Crippen molar-refractivity contribution in [3.05, 3.63) is 46.7 Å². The summed E-state index contributed by atoms with van der Waals surface area (Å²) in [5.74, 6) is 0.457. The minimum atomic E-state index is -4.68. The van der Waals surface area contributed by atoms with E-state index in [1.807, 2.05) is 32.1 Å². The summed E-state index contributed by atoms with van der Waals surface area (Å²) in [5.41, 5.74) is -0.990. The molecule has 1 aromatic rings. The van der Waals surface area contributed by atoms with E-state index in [-0.39, 0.29) is 49.0 Å². The number of nitriles is 1. The first-order valence-corrected chi connectivity index (χ1v) is 16.2. The molecule has 0 radical (unpaired) electrons. The van der Waals surface area contributed by atoms with E-state index in [0.29, 0.717) is 62.3 Å². The third-order valence-corrected chi connectivity index (χ3v) is 10.5. The van der Waals surface area contributed by atoms with E-state index >= 15 is 0 Å². The van der Waals surface area contributed by atoms with Crippen molar-refractivity contribution in [2.45, 2.75) is 76.6 Å². The maximum atomic E-state index is 14.3. The number of carbonyl (C=O) groups is 2. The van der Waals surface area contributed by atoms with E-state index in [1.165, 1.54) is 18.1 Å². The number of likely N-dealkylation sites (tertiary alicyclic amines) is 1. The van der Waals surface area contributed by atoms with Crippen molar-refractivity contribution in [2.75, 3.05) is 38.1 Å². The Morgan fingerprint density at radius 2 is 1.80 bits per heavy atom. The highest BCUT2D eigenvalue weighted by atomic mass is 35.5. The summed E-state index contributed by atoms with van der Waals surface area (Å²) < 4.78 is 48.4. The molecule has 12 heteroatoms. The summed E-state index contributed by atoms with van der Waals surface area (Å²) in [5, 5.41) is 9.76. The van der Waals surface area contributed by atoms with Crippen LogP contribution in [0.1, 0.15) is 64.4 Å². The number of hydrogen-bond donors (Lipinski definition) is 0. The summed E-state index contributed by atoms with van der Waals surface area (Å²) in [4.78, 5) is 36.9. The predicted molar refractivity (Wildman–Crippen MR) is 164 cm³/mol. The number of halogens is 4. The second-order valence-corrected chi connectivity index (χ2v) is 13.7. The highest BCUT2D eigenvalue weighted by molar-refractivity contribution is 6.29. The van der Waals surface area contributed by atoms with Crippen LogP contribution in [-0.4, -0.2) is 77.8 Å². The van der Waals surface area contributed by atoms with Crippen LogP contribution < -0.4 is 4.90 Å². The largest absolute Gasteiger partial charge is 0.433 e. The lowest BCUT2D eigenvalue weighted by atomic mass is 9.79. The molecule has 3 atom stereocenters. The van der Waals surface area contributed by atoms with E-state index in [4.69, 9.17) is 21.6 Å². The zero-order valence-electron chi connectivity index (χ0n) is 26.0. The third kappa shape index (κ3) is 6.96. The minimum absolute atomic E-state index is 0.0117. The standard InChI is InChI=1S/C33H41ClF3N5O3/c1-21-8-12-32(13-9-21,33(35,36)37)45-31(44)40(3)28-20-42(19-27(28)26-6-5-25(34)16-22(26)2)30(43)24-10-14-41(15-11-24)29-7-4-23(17-38)18-39-29/h4-7,18,21-22,24,27-28H,8-16,19-20H2,1-3H3/t21?,22?,27?,28-,32?/m1/s1. The Labute approximate surface area is 267 Å². The molecule has 1 saturated carbocycles. The number of anilines is 1. The first-order valence-electron chi connectivity index (χ1n) is 15.8. The van der Waals surface area contributed by atoms with Gasteiger partial charge in [-0.2, -0.15) is 18.4 Å². The molecular formula is C33H41ClF3N5O3. The van der Waals surface area contributed by atoms with Gasteiger partial charge in [0.2, 0.25) is 11.5 Å². The van der Waals surface area contributed by atoms with Crippen LogP contribution in [0, 0.1) is 35.0 Å². The van der Waals surface area contributed by atoms with Crippen LogP contribution in [0.2, 0.25) is 0 Å². The lowest BCUT2D eigenvalue weighted by Crippen LogP contribution is -2.54. The van der Waals surface area contributed by atoms with Gasteiger partial charge in [-0.05, 0) is 75.0 Å². The van der Waals surface area contributed by atoms with Crippen molar-refractivity contribution < 1.29 is 27.5 Å². The van der Waals surface area contributed by atoms with E-state index in [0.717, 1.165) is 11.4 Å². The Balaban J connectivity index is 1.31. The van der Waals surface area contributed by atoms with Gasteiger partial charge in [0, 0.05) is 56.3 Å². The third-order valence-electron chi connectivity index (χ3n) is 10.3. The van der Waals surface area contributed by atoms with Gasteiger partial charge in [0.25, 0.3) is 0 Å². The summed E-state index contributed by atoms with van der Waals surface area (Å²) >= 11 is 6.30. The van der Waals surface area contributed by atoms with E-state index in [9.17, 15) is 22.8 Å². The van der Waals surface area contributed by atoms with E-state index in [2.05, 4.69) is 16.0 Å². The zero-order valence-corrected chi connectivity index (χ0v) is 26.8. The number of aromatic nitrogens is 1. The van der Waals surface area contributed by atoms with Gasteiger partial charge in [-0.3, -0.25) is 4.79 Å². The van der Waals surface area contributed by atoms with Crippen molar-refractivity contribution in [3.63, 3.8) is 0 Å². The number of ether oxygens (including phenoxy) is 1. The average molecular weight is 648 g/mol. The number of hydrogen-bond acceptors (Lipinski definition) is 6. The molecule has 5 rings (SSSR count). The monoisotopic (exact) mass is 647 g/mol. The number of piperidine rings is 1. The molecule has 0 spiro atoms. The average Bonchev–Trinajstić information content (AvgIpc) is 3.46. The lowest BCUT2D eigenvalue weighted by Gasteiger charge is -2.41. The molecule has 0 aromatic carbocycles. The van der Waals surface area contributed by atoms with Crippen LogP contribution in [0.3, 0.4) is 0 Å². The van der Waals surface area contributed by atoms with E-state index in [1.54, 1.807) is 11.0 Å². The van der Waals surface area contributed by atoms with Gasteiger partial charge in [-0.15, -0.1) is 0 Å². The molecule has 1 aromatic heterocycles. The number of rotatable bonds is 5. The Hall–Kier alpha value is -3.26. The van der Waals surface area contributed by atoms with Crippen molar-refractivity contribution in [1.82, 2.24) is 14.8 Å². The molecule has 3 heterocycles. The van der Waals surface area contributed by atoms with Crippen molar-refractivity contribution in [2.24, 2.45) is 23.7 Å². The number of likely N-dealkylation sites (N-methyl/N-ethyl adjacent to an activating group) is 1. The number of alkyl halides is 3. The topological polar surface area (TPSA) is 89.8 Å². The fraction of sp³-hybridized carbons (Fsp3) is 0.636. The second kappa shape index (κ2) is 13.2. The van der Waals surface area contributed by atoms with Crippen LogP contribution in [0.25, 0.3) is 0 Å². The summed E-state index contributed by atoms with van der Waals surface area (Å²) in [7, 11) is 1.49. The number of pyridine rings is 1. The maximum absolute atomic E-state index is 14.3. The molecule has 2 amide bonds. The zero-order chi connectivity index (χ0) is 32.5. The van der Waals surface area contributed by atoms with Gasteiger partial charge in [-0.1, -0.05) is 37.1 Å². The summed E-state index contributed by atoms with van der Waals surface area (Å²) in [6.45, 7) is 5.79. The highest BCUT2D eigenvalue weighted by Crippen LogP contribution is 2.47. The fourth-order valence-electron chi connectivity index (χ4n) is 7.30. The number of carbonyl (C=O) groups excluding carboxylic acids is 2. The Morgan fingerprint density at radius 1 is 1.11 bits per heavy atom. The Bertz CT molecular complexity index is 1360. The van der Waals surface area contributed by atoms with Gasteiger partial charge < -0.3 is 19.4 Å². The highest BCUT2D eigenvalue weighted by Gasteiger charge is 2.59. The summed E-state index contributed by atoms with van der Waals surface area (Å²) in [6, 6.07) is 5.05. The van der Waals surface area contributed by atoms with Gasteiger partial charge in [0.15, 0.2) is 0 Å². The van der Waals surface area contributed by atoms with Gasteiger partial charge in [0.1, 0.15) is 11.9 Å². The van der Waals surface area contributed by atoms with Crippen LogP contribution in [0.4, 0.5) is 23.8 Å². The molecule has 2 aliphatic heterocycles.